The van der Waals surface area contributed by atoms with Crippen molar-refractivity contribution in [2.24, 2.45) is 0 Å². The third kappa shape index (κ3) is 2.62. The van der Waals surface area contributed by atoms with Crippen molar-refractivity contribution in [3.63, 3.8) is 0 Å². The summed E-state index contributed by atoms with van der Waals surface area (Å²) in [6, 6.07) is 7.99. The zero-order chi connectivity index (χ0) is 9.80. The highest BCUT2D eigenvalue weighted by Gasteiger charge is 2.13. The van der Waals surface area contributed by atoms with Crippen molar-refractivity contribution in [2.45, 2.75) is 0 Å². The van der Waals surface area contributed by atoms with Crippen LogP contribution in [0.15, 0.2) is 28.7 Å². The maximum atomic E-state index is 3.39. The normalized spacial score (nSPS) is 16.4. The van der Waals surface area contributed by atoms with Crippen LogP contribution in [0.1, 0.15) is 5.56 Å². The van der Waals surface area contributed by atoms with E-state index in [2.05, 4.69) is 27.8 Å². The van der Waals surface area contributed by atoms with Gasteiger partial charge < -0.3 is 0 Å². The Morgan fingerprint density at radius 1 is 0.857 bits per heavy atom. The minimum atomic E-state index is 1.04. The molecule has 0 N–H and O–H groups in total. The van der Waals surface area contributed by atoms with Gasteiger partial charge in [-0.25, -0.2) is 0 Å². The van der Waals surface area contributed by atoms with Gasteiger partial charge in [-0.15, -0.1) is 0 Å². The molecule has 0 atom stereocenters. The molecule has 1 heteroatoms. The van der Waals surface area contributed by atoms with Gasteiger partial charge in [-0.1, -0.05) is 27.8 Å². The molecule has 0 heterocycles. The highest BCUT2D eigenvalue weighted by Crippen LogP contribution is 2.21. The molecule has 1 fully saturated rings. The topological polar surface area (TPSA) is 0 Å². The number of benzene rings is 1. The summed E-state index contributed by atoms with van der Waals surface area (Å²) in [6.07, 6.45) is 7.99. The van der Waals surface area contributed by atoms with Gasteiger partial charge in [0, 0.05) is 10.0 Å². The lowest BCUT2D eigenvalue weighted by Gasteiger charge is -1.94. The number of hydrogen-bond donors (Lipinski definition) is 0. The highest BCUT2D eigenvalue weighted by molar-refractivity contribution is 9.10. The van der Waals surface area contributed by atoms with E-state index in [0.29, 0.717) is 0 Å². The van der Waals surface area contributed by atoms with Crippen molar-refractivity contribution in [1.82, 2.24) is 0 Å². The minimum Gasteiger partial charge on any atom is -0.0888 e. The summed E-state index contributed by atoms with van der Waals surface area (Å²) in [5, 5.41) is 0. The molecule has 1 aliphatic rings. The van der Waals surface area contributed by atoms with Crippen molar-refractivity contribution in [2.75, 3.05) is 0 Å². The number of halogens is 1. The van der Waals surface area contributed by atoms with Crippen LogP contribution in [0.5, 0.6) is 0 Å². The molecule has 5 radical (unpaired) electrons. The van der Waals surface area contributed by atoms with E-state index in [1.807, 2.05) is 49.9 Å². The fraction of sp³-hybridized carbons (Fsp3) is 0. The van der Waals surface area contributed by atoms with Gasteiger partial charge >= 0.3 is 0 Å². The maximum absolute atomic E-state index is 3.39. The van der Waals surface area contributed by atoms with E-state index in [4.69, 9.17) is 0 Å². The van der Waals surface area contributed by atoms with Crippen LogP contribution in [0.2, 0.25) is 0 Å². The molecule has 0 bridgehead atoms. The molecule has 1 saturated carbocycles. The van der Waals surface area contributed by atoms with Gasteiger partial charge in [-0.3, -0.25) is 0 Å². The predicted molar refractivity (Wildman–Crippen MR) is 61.5 cm³/mol. The molecule has 0 aromatic heterocycles. The minimum absolute atomic E-state index is 1.04. The molecule has 0 nitrogen and oxygen atoms in total. The van der Waals surface area contributed by atoms with Crippen molar-refractivity contribution < 1.29 is 0 Å². The summed E-state index contributed by atoms with van der Waals surface area (Å²) < 4.78 is 1.08. The summed E-state index contributed by atoms with van der Waals surface area (Å²) in [6.45, 7) is 0. The first-order valence-electron chi connectivity index (χ1n) is 4.34. The van der Waals surface area contributed by atoms with E-state index in [0.717, 1.165) is 16.0 Å². The molecule has 0 spiro atoms. The Hall–Kier alpha value is -0.740. The average molecular weight is 244 g/mol. The van der Waals surface area contributed by atoms with E-state index >= 15 is 0 Å². The molecule has 0 amide bonds. The van der Waals surface area contributed by atoms with Gasteiger partial charge in [-0.05, 0) is 49.9 Å². The zero-order valence-electron chi connectivity index (χ0n) is 7.50. The van der Waals surface area contributed by atoms with Crippen molar-refractivity contribution in [1.29, 1.82) is 0 Å². The van der Waals surface area contributed by atoms with Crippen molar-refractivity contribution >= 4 is 15.9 Å². The Kier molecular flexibility index (Phi) is 3.26. The molecule has 1 aromatic carbocycles. The quantitative estimate of drug-likeness (QED) is 0.615. The molecule has 67 valence electrons. The Labute approximate surface area is 93.8 Å². The molecule has 0 unspecified atom stereocenters. The van der Waals surface area contributed by atoms with E-state index < -0.39 is 0 Å². The molecule has 2 rings (SSSR count). The van der Waals surface area contributed by atoms with E-state index in [9.17, 15) is 0 Å². The lowest BCUT2D eigenvalue weighted by molar-refractivity contribution is 1.43. The Morgan fingerprint density at radius 3 is 2.14 bits per heavy atom. The average Bonchev–Trinajstić information content (AvgIpc) is 2.70. The van der Waals surface area contributed by atoms with Crippen LogP contribution in [0.4, 0.5) is 0 Å². The molecule has 1 aromatic rings. The monoisotopic (exact) mass is 243 g/mol. The van der Waals surface area contributed by atoms with E-state index in [1.165, 1.54) is 0 Å². The van der Waals surface area contributed by atoms with Crippen LogP contribution in [0.25, 0.3) is 0 Å². The number of hydrogen-bond acceptors (Lipinski definition) is 0. The summed E-state index contributed by atoms with van der Waals surface area (Å²) in [5.74, 6) is 7.26. The third-order valence-electron chi connectivity index (χ3n) is 1.86. The smallest absolute Gasteiger partial charge is 0.0558 e. The molecule has 0 aliphatic heterocycles. The van der Waals surface area contributed by atoms with E-state index in [-0.39, 0.29) is 0 Å². The van der Waals surface area contributed by atoms with Crippen LogP contribution in [0.3, 0.4) is 0 Å². The van der Waals surface area contributed by atoms with Crippen molar-refractivity contribution in [3.8, 4) is 11.8 Å². The summed E-state index contributed by atoms with van der Waals surface area (Å²) in [4.78, 5) is 0. The highest BCUT2D eigenvalue weighted by atomic mass is 79.9. The second-order valence-corrected chi connectivity index (χ2v) is 3.85. The second kappa shape index (κ2) is 4.66. The lowest BCUT2D eigenvalue weighted by Crippen LogP contribution is -1.85. The molecule has 14 heavy (non-hydrogen) atoms. The summed E-state index contributed by atoms with van der Waals surface area (Å²) >= 11 is 3.39. The van der Waals surface area contributed by atoms with Crippen LogP contribution in [-0.4, -0.2) is 0 Å². The maximum Gasteiger partial charge on any atom is 0.0558 e. The lowest BCUT2D eigenvalue weighted by atomic mass is 10.1. The largest absolute Gasteiger partial charge is 0.0888 e. The fourth-order valence-corrected chi connectivity index (χ4v) is 1.40. The number of rotatable bonds is 0. The third-order valence-corrected chi connectivity index (χ3v) is 2.39. The van der Waals surface area contributed by atoms with Gasteiger partial charge in [-0.2, -0.15) is 0 Å². The second-order valence-electron chi connectivity index (χ2n) is 2.93. The fourth-order valence-electron chi connectivity index (χ4n) is 1.13. The zero-order valence-corrected chi connectivity index (χ0v) is 9.08. The standard InChI is InChI=1S/C13H8Br/c14-13-9-7-12(8-10-13)6-5-11-3-1-2-4-11/h1-4,7-10H. The van der Waals surface area contributed by atoms with Crippen LogP contribution in [0, 0.1) is 43.4 Å². The van der Waals surface area contributed by atoms with Gasteiger partial charge in [0.15, 0.2) is 0 Å². The summed E-state index contributed by atoms with van der Waals surface area (Å²) in [7, 11) is 0. The molecular formula is C13H8Br. The first-order chi connectivity index (χ1) is 6.84. The van der Waals surface area contributed by atoms with E-state index in [1.54, 1.807) is 0 Å². The molecule has 1 aliphatic carbocycles. The summed E-state index contributed by atoms with van der Waals surface area (Å²) in [5.41, 5.74) is 1.04. The van der Waals surface area contributed by atoms with Crippen LogP contribution < -0.4 is 0 Å². The molecular weight excluding hydrogens is 236 g/mol. The first kappa shape index (κ1) is 9.80. The predicted octanol–water partition coefficient (Wildman–Crippen LogP) is 3.21. The van der Waals surface area contributed by atoms with Gasteiger partial charge in [0.05, 0.1) is 5.92 Å². The SMILES string of the molecule is Brc1ccc(C#C[C]2[CH][CH][CH][CH]2)cc1. The van der Waals surface area contributed by atoms with Gasteiger partial charge in [0.1, 0.15) is 0 Å². The van der Waals surface area contributed by atoms with Gasteiger partial charge in [0.25, 0.3) is 0 Å². The molecule has 0 saturated heterocycles. The van der Waals surface area contributed by atoms with Crippen LogP contribution >= 0.6 is 15.9 Å². The first-order valence-corrected chi connectivity index (χ1v) is 5.13. The van der Waals surface area contributed by atoms with Crippen molar-refractivity contribution in [3.05, 3.63) is 65.9 Å². The van der Waals surface area contributed by atoms with Gasteiger partial charge in [0.2, 0.25) is 0 Å². The Bertz CT molecular complexity index is 347. The van der Waals surface area contributed by atoms with Crippen LogP contribution in [-0.2, 0) is 0 Å². The Morgan fingerprint density at radius 2 is 1.50 bits per heavy atom. The Balaban J connectivity index is 2.05.